The Morgan fingerprint density at radius 3 is 2.29 bits per heavy atom. The largest absolute Gasteiger partial charge is 0.355 e. The molecule has 0 bridgehead atoms. The number of guanidine groups is 1. The Bertz CT molecular complexity index is 391. The minimum absolute atomic E-state index is 0. The van der Waals surface area contributed by atoms with Crippen molar-refractivity contribution >= 4 is 29.9 Å². The summed E-state index contributed by atoms with van der Waals surface area (Å²) in [6.45, 7) is 10.5. The molecule has 0 spiro atoms. The molecule has 1 unspecified atom stereocenters. The molecule has 1 aromatic carbocycles. The van der Waals surface area contributed by atoms with Gasteiger partial charge < -0.3 is 10.6 Å². The Labute approximate surface area is 146 Å². The third-order valence-corrected chi connectivity index (χ3v) is 3.53. The van der Waals surface area contributed by atoms with Crippen LogP contribution in [0.2, 0.25) is 0 Å². The van der Waals surface area contributed by atoms with E-state index in [0.717, 1.165) is 32.1 Å². The number of halogens is 1. The van der Waals surface area contributed by atoms with Crippen LogP contribution < -0.4 is 10.6 Å². The summed E-state index contributed by atoms with van der Waals surface area (Å²) in [5, 5.41) is 6.72. The number of nitrogens with zero attached hydrogens (tertiary/aromatic N) is 2. The van der Waals surface area contributed by atoms with Crippen LogP contribution >= 0.6 is 24.0 Å². The molecule has 1 aromatic rings. The average molecular weight is 404 g/mol. The zero-order chi connectivity index (χ0) is 14.8. The highest BCUT2D eigenvalue weighted by molar-refractivity contribution is 14.0. The molecule has 0 aliphatic carbocycles. The molecule has 0 aromatic heterocycles. The molecule has 0 amide bonds. The van der Waals surface area contributed by atoms with E-state index in [-0.39, 0.29) is 24.0 Å². The predicted octanol–water partition coefficient (Wildman–Crippen LogP) is 2.70. The molecule has 0 aliphatic heterocycles. The number of rotatable bonds is 7. The van der Waals surface area contributed by atoms with Crippen LogP contribution in [0.25, 0.3) is 0 Å². The normalized spacial score (nSPS) is 12.7. The van der Waals surface area contributed by atoms with E-state index < -0.39 is 0 Å². The van der Waals surface area contributed by atoms with Crippen LogP contribution in [0.5, 0.6) is 0 Å². The van der Waals surface area contributed by atoms with Crippen molar-refractivity contribution in [3.05, 3.63) is 35.9 Å². The first-order chi connectivity index (χ1) is 9.71. The lowest BCUT2D eigenvalue weighted by Crippen LogP contribution is -2.45. The number of aliphatic imine (C=N–C) groups is 1. The maximum absolute atomic E-state index is 4.26. The maximum Gasteiger partial charge on any atom is 0.191 e. The highest BCUT2D eigenvalue weighted by Gasteiger charge is 2.10. The van der Waals surface area contributed by atoms with Crippen molar-refractivity contribution in [1.82, 2.24) is 15.5 Å². The topological polar surface area (TPSA) is 39.7 Å². The number of hydrogen-bond acceptors (Lipinski definition) is 2. The standard InChI is InChI=1S/C16H28N4.HI/c1-5-20(6-2)14(3)12-18-16(17-4)19-13-15-10-8-7-9-11-15;/h7-11,14H,5-6,12-13H2,1-4H3,(H2,17,18,19);1H. The Morgan fingerprint density at radius 2 is 1.76 bits per heavy atom. The Morgan fingerprint density at radius 1 is 1.14 bits per heavy atom. The van der Waals surface area contributed by atoms with Gasteiger partial charge in [0.05, 0.1) is 0 Å². The monoisotopic (exact) mass is 404 g/mol. The molecule has 5 heteroatoms. The summed E-state index contributed by atoms with van der Waals surface area (Å²) in [6, 6.07) is 10.9. The minimum Gasteiger partial charge on any atom is -0.355 e. The quantitative estimate of drug-likeness (QED) is 0.417. The van der Waals surface area contributed by atoms with Crippen molar-refractivity contribution in [2.45, 2.75) is 33.4 Å². The summed E-state index contributed by atoms with van der Waals surface area (Å²) in [5.74, 6) is 0.854. The summed E-state index contributed by atoms with van der Waals surface area (Å²) in [4.78, 5) is 6.69. The molecule has 0 heterocycles. The maximum atomic E-state index is 4.26. The molecule has 1 atom stereocenters. The number of benzene rings is 1. The Kier molecular flexibility index (Phi) is 11.3. The molecule has 1 rings (SSSR count). The first kappa shape index (κ1) is 20.2. The predicted molar refractivity (Wildman–Crippen MR) is 102 cm³/mol. The molecule has 21 heavy (non-hydrogen) atoms. The average Bonchev–Trinajstić information content (AvgIpc) is 2.49. The van der Waals surface area contributed by atoms with Gasteiger partial charge in [0, 0.05) is 26.2 Å². The fourth-order valence-corrected chi connectivity index (χ4v) is 2.22. The highest BCUT2D eigenvalue weighted by Crippen LogP contribution is 1.98. The third-order valence-electron chi connectivity index (χ3n) is 3.53. The summed E-state index contributed by atoms with van der Waals surface area (Å²) in [5.41, 5.74) is 1.26. The van der Waals surface area contributed by atoms with Gasteiger partial charge in [-0.2, -0.15) is 0 Å². The Hall–Kier alpha value is -0.820. The summed E-state index contributed by atoms with van der Waals surface area (Å²) >= 11 is 0. The molecule has 0 saturated carbocycles. The van der Waals surface area contributed by atoms with E-state index in [4.69, 9.17) is 0 Å². The van der Waals surface area contributed by atoms with Crippen LogP contribution in [0.3, 0.4) is 0 Å². The van der Waals surface area contributed by atoms with Crippen molar-refractivity contribution in [1.29, 1.82) is 0 Å². The summed E-state index contributed by atoms with van der Waals surface area (Å²) in [7, 11) is 1.81. The lowest BCUT2D eigenvalue weighted by molar-refractivity contribution is 0.231. The minimum atomic E-state index is 0. The van der Waals surface area contributed by atoms with Crippen LogP contribution in [0.4, 0.5) is 0 Å². The van der Waals surface area contributed by atoms with E-state index in [1.54, 1.807) is 0 Å². The van der Waals surface area contributed by atoms with Gasteiger partial charge >= 0.3 is 0 Å². The number of likely N-dealkylation sites (N-methyl/N-ethyl adjacent to an activating group) is 1. The molecule has 2 N–H and O–H groups in total. The molecule has 0 fully saturated rings. The zero-order valence-corrected chi connectivity index (χ0v) is 15.9. The second-order valence-corrected chi connectivity index (χ2v) is 4.86. The van der Waals surface area contributed by atoms with Gasteiger partial charge in [0.25, 0.3) is 0 Å². The lowest BCUT2D eigenvalue weighted by atomic mass is 10.2. The second kappa shape index (κ2) is 11.8. The van der Waals surface area contributed by atoms with Crippen molar-refractivity contribution in [3.8, 4) is 0 Å². The van der Waals surface area contributed by atoms with Crippen LogP contribution in [0, 0.1) is 0 Å². The van der Waals surface area contributed by atoms with Gasteiger partial charge in [0.15, 0.2) is 5.96 Å². The van der Waals surface area contributed by atoms with Crippen molar-refractivity contribution in [2.75, 3.05) is 26.7 Å². The summed E-state index contributed by atoms with van der Waals surface area (Å²) in [6.07, 6.45) is 0. The van der Waals surface area contributed by atoms with Crippen molar-refractivity contribution < 1.29 is 0 Å². The number of hydrogen-bond donors (Lipinski definition) is 2. The fraction of sp³-hybridized carbons (Fsp3) is 0.562. The lowest BCUT2D eigenvalue weighted by Gasteiger charge is -2.27. The van der Waals surface area contributed by atoms with Gasteiger partial charge in [-0.15, -0.1) is 24.0 Å². The van der Waals surface area contributed by atoms with E-state index in [0.29, 0.717) is 6.04 Å². The molecule has 0 aliphatic rings. The Balaban J connectivity index is 0.00000400. The van der Waals surface area contributed by atoms with Crippen LogP contribution in [0.1, 0.15) is 26.3 Å². The molecule has 120 valence electrons. The molecule has 4 nitrogen and oxygen atoms in total. The molecular formula is C16H29IN4. The van der Waals surface area contributed by atoms with Crippen LogP contribution in [-0.2, 0) is 6.54 Å². The van der Waals surface area contributed by atoms with Crippen molar-refractivity contribution in [3.63, 3.8) is 0 Å². The van der Waals surface area contributed by atoms with E-state index in [1.807, 2.05) is 13.1 Å². The van der Waals surface area contributed by atoms with Crippen LogP contribution in [-0.4, -0.2) is 43.6 Å². The zero-order valence-electron chi connectivity index (χ0n) is 13.6. The van der Waals surface area contributed by atoms with Gasteiger partial charge in [-0.3, -0.25) is 9.89 Å². The van der Waals surface area contributed by atoms with Crippen molar-refractivity contribution in [2.24, 2.45) is 4.99 Å². The van der Waals surface area contributed by atoms with Crippen LogP contribution in [0.15, 0.2) is 35.3 Å². The van der Waals surface area contributed by atoms with E-state index in [2.05, 4.69) is 65.6 Å². The number of nitrogens with one attached hydrogen (secondary N) is 2. The molecule has 0 radical (unpaired) electrons. The van der Waals surface area contributed by atoms with E-state index >= 15 is 0 Å². The molecular weight excluding hydrogens is 375 g/mol. The second-order valence-electron chi connectivity index (χ2n) is 4.86. The van der Waals surface area contributed by atoms with Gasteiger partial charge in [-0.1, -0.05) is 44.2 Å². The third kappa shape index (κ3) is 7.66. The summed E-state index contributed by atoms with van der Waals surface area (Å²) < 4.78 is 0. The van der Waals surface area contributed by atoms with E-state index in [1.165, 1.54) is 5.56 Å². The van der Waals surface area contributed by atoms with Gasteiger partial charge in [0.1, 0.15) is 0 Å². The smallest absolute Gasteiger partial charge is 0.191 e. The molecule has 0 saturated heterocycles. The first-order valence-electron chi connectivity index (χ1n) is 7.43. The van der Waals surface area contributed by atoms with Gasteiger partial charge in [-0.05, 0) is 25.6 Å². The van der Waals surface area contributed by atoms with Gasteiger partial charge in [0.2, 0.25) is 0 Å². The SMILES string of the molecule is CCN(CC)C(C)CNC(=NC)NCc1ccccc1.I. The fourth-order valence-electron chi connectivity index (χ4n) is 2.22. The van der Waals surface area contributed by atoms with E-state index in [9.17, 15) is 0 Å². The highest BCUT2D eigenvalue weighted by atomic mass is 127. The first-order valence-corrected chi connectivity index (χ1v) is 7.43. The van der Waals surface area contributed by atoms with Gasteiger partial charge in [-0.25, -0.2) is 0 Å².